The molecule has 1 amide bonds. The van der Waals surface area contributed by atoms with Crippen molar-refractivity contribution in [1.29, 1.82) is 0 Å². The minimum atomic E-state index is -0.287. The number of benzene rings is 2. The summed E-state index contributed by atoms with van der Waals surface area (Å²) in [5.74, 6) is 0.987. The van der Waals surface area contributed by atoms with E-state index in [1.165, 1.54) is 12.1 Å². The molecule has 29 heavy (non-hydrogen) atoms. The quantitative estimate of drug-likeness (QED) is 0.682. The number of fused-ring (bicyclic) bond motifs is 1. The van der Waals surface area contributed by atoms with Crippen molar-refractivity contribution in [3.05, 3.63) is 65.0 Å². The second kappa shape index (κ2) is 9.56. The minimum Gasteiger partial charge on any atom is -0.490 e. The average Bonchev–Trinajstić information content (AvgIpc) is 2.72. The molecule has 154 valence electrons. The fraction of sp³-hybridized carbons (Fsp3) is 0.348. The molecule has 2 aromatic rings. The molecule has 0 aromatic heterocycles. The van der Waals surface area contributed by atoms with E-state index < -0.39 is 0 Å². The van der Waals surface area contributed by atoms with Gasteiger partial charge < -0.3 is 19.3 Å². The first-order valence-corrected chi connectivity index (χ1v) is 9.75. The summed E-state index contributed by atoms with van der Waals surface area (Å²) in [4.78, 5) is 17.1. The molecule has 1 heterocycles. The highest BCUT2D eigenvalue weighted by molar-refractivity contribution is 5.99. The summed E-state index contributed by atoms with van der Waals surface area (Å²) in [5, 5.41) is 0. The van der Waals surface area contributed by atoms with Crippen LogP contribution in [0.1, 0.15) is 18.1 Å². The maximum absolute atomic E-state index is 13.3. The van der Waals surface area contributed by atoms with Crippen molar-refractivity contribution in [2.24, 2.45) is 0 Å². The molecule has 0 N–H and O–H groups in total. The molecule has 0 atom stereocenters. The van der Waals surface area contributed by atoms with Crippen molar-refractivity contribution in [3.8, 4) is 11.5 Å². The Morgan fingerprint density at radius 3 is 2.59 bits per heavy atom. The smallest absolute Gasteiger partial charge is 0.253 e. The summed E-state index contributed by atoms with van der Waals surface area (Å²) in [5.41, 5.74) is 2.31. The fourth-order valence-electron chi connectivity index (χ4n) is 3.16. The Hall–Kier alpha value is -2.86. The maximum atomic E-state index is 13.3. The molecule has 0 fully saturated rings. The zero-order chi connectivity index (χ0) is 20.8. The van der Waals surface area contributed by atoms with Crippen molar-refractivity contribution in [2.45, 2.75) is 13.5 Å². The van der Waals surface area contributed by atoms with E-state index in [1.807, 2.05) is 50.2 Å². The Morgan fingerprint density at radius 1 is 1.14 bits per heavy atom. The predicted molar refractivity (Wildman–Crippen MR) is 111 cm³/mol. The third kappa shape index (κ3) is 5.35. The van der Waals surface area contributed by atoms with Crippen LogP contribution >= 0.6 is 0 Å². The normalized spacial score (nSPS) is 12.8. The first-order chi connectivity index (χ1) is 14.0. The van der Waals surface area contributed by atoms with Crippen LogP contribution in [0.5, 0.6) is 11.5 Å². The van der Waals surface area contributed by atoms with Gasteiger partial charge in [-0.3, -0.25) is 4.79 Å². The summed E-state index contributed by atoms with van der Waals surface area (Å²) in [6.45, 7) is 4.36. The van der Waals surface area contributed by atoms with Gasteiger partial charge in [0.15, 0.2) is 11.5 Å². The Bertz CT molecular complexity index is 878. The number of carbonyl (C=O) groups is 1. The lowest BCUT2D eigenvalue weighted by Crippen LogP contribution is -2.38. The number of halogens is 1. The summed E-state index contributed by atoms with van der Waals surface area (Å²) in [7, 11) is 3.93. The highest BCUT2D eigenvalue weighted by Gasteiger charge is 2.24. The molecule has 5 nitrogen and oxygen atoms in total. The number of likely N-dealkylation sites (N-methyl/N-ethyl adjacent to an activating group) is 1. The van der Waals surface area contributed by atoms with Crippen molar-refractivity contribution < 1.29 is 18.7 Å². The van der Waals surface area contributed by atoms with Crippen molar-refractivity contribution >= 4 is 12.0 Å². The highest BCUT2D eigenvalue weighted by Crippen LogP contribution is 2.36. The zero-order valence-corrected chi connectivity index (χ0v) is 17.2. The van der Waals surface area contributed by atoms with Gasteiger partial charge in [0.25, 0.3) is 5.91 Å². The van der Waals surface area contributed by atoms with E-state index in [-0.39, 0.29) is 18.3 Å². The van der Waals surface area contributed by atoms with Crippen molar-refractivity contribution in [3.63, 3.8) is 0 Å². The predicted octanol–water partition coefficient (Wildman–Crippen LogP) is 3.59. The Morgan fingerprint density at radius 2 is 1.90 bits per heavy atom. The molecule has 1 aliphatic rings. The summed E-state index contributed by atoms with van der Waals surface area (Å²) < 4.78 is 24.7. The molecule has 0 spiro atoms. The molecule has 0 aliphatic carbocycles. The second-order valence-electron chi connectivity index (χ2n) is 7.22. The SMILES string of the molecule is CCOc1cccc2c1OCC(C(=O)N(CCN(C)C)Cc1ccc(F)cc1)=C2. The lowest BCUT2D eigenvalue weighted by molar-refractivity contribution is -0.128. The lowest BCUT2D eigenvalue weighted by Gasteiger charge is -2.27. The molecular formula is C23H27FN2O3. The van der Waals surface area contributed by atoms with Gasteiger partial charge in [-0.1, -0.05) is 24.3 Å². The van der Waals surface area contributed by atoms with Gasteiger partial charge in [-0.25, -0.2) is 4.39 Å². The second-order valence-corrected chi connectivity index (χ2v) is 7.22. The fourth-order valence-corrected chi connectivity index (χ4v) is 3.16. The van der Waals surface area contributed by atoms with Gasteiger partial charge in [-0.05, 0) is 50.9 Å². The lowest BCUT2D eigenvalue weighted by atomic mass is 10.1. The van der Waals surface area contributed by atoms with E-state index in [1.54, 1.807) is 17.0 Å². The molecule has 6 heteroatoms. The third-order valence-corrected chi connectivity index (χ3v) is 4.68. The van der Waals surface area contributed by atoms with Crippen LogP contribution in [-0.4, -0.2) is 56.1 Å². The first kappa shape index (κ1) is 20.9. The van der Waals surface area contributed by atoms with Gasteiger partial charge in [-0.15, -0.1) is 0 Å². The van der Waals surface area contributed by atoms with E-state index >= 15 is 0 Å². The monoisotopic (exact) mass is 398 g/mol. The maximum Gasteiger partial charge on any atom is 0.253 e. The number of hydrogen-bond acceptors (Lipinski definition) is 4. The Labute approximate surface area is 171 Å². The number of para-hydroxylation sites is 1. The van der Waals surface area contributed by atoms with Crippen molar-refractivity contribution in [1.82, 2.24) is 9.80 Å². The number of amides is 1. The summed E-state index contributed by atoms with van der Waals surface area (Å²) >= 11 is 0. The van der Waals surface area contributed by atoms with Gasteiger partial charge in [0.05, 0.1) is 12.2 Å². The Balaban J connectivity index is 1.83. The van der Waals surface area contributed by atoms with Crippen LogP contribution in [0.3, 0.4) is 0 Å². The number of rotatable bonds is 8. The van der Waals surface area contributed by atoms with Gasteiger partial charge in [0.1, 0.15) is 12.4 Å². The molecule has 0 radical (unpaired) electrons. The van der Waals surface area contributed by atoms with Gasteiger partial charge in [0, 0.05) is 25.2 Å². The minimum absolute atomic E-state index is 0.0800. The van der Waals surface area contributed by atoms with Gasteiger partial charge in [-0.2, -0.15) is 0 Å². The van der Waals surface area contributed by atoms with Crippen LogP contribution in [0, 0.1) is 5.82 Å². The number of ether oxygens (including phenoxy) is 2. The molecule has 1 aliphatic heterocycles. The largest absolute Gasteiger partial charge is 0.490 e. The van der Waals surface area contributed by atoms with Crippen LogP contribution in [0.25, 0.3) is 6.08 Å². The van der Waals surface area contributed by atoms with Crippen LogP contribution in [0.2, 0.25) is 0 Å². The standard InChI is InChI=1S/C23H27FN2O3/c1-4-28-21-7-5-6-18-14-19(16-29-22(18)21)23(27)26(13-12-25(2)3)15-17-8-10-20(24)11-9-17/h5-11,14H,4,12-13,15-16H2,1-3H3. The molecule has 0 unspecified atom stereocenters. The molecule has 0 saturated carbocycles. The number of hydrogen-bond donors (Lipinski definition) is 0. The average molecular weight is 398 g/mol. The summed E-state index contributed by atoms with van der Waals surface area (Å²) in [6, 6.07) is 11.9. The highest BCUT2D eigenvalue weighted by atomic mass is 19.1. The number of nitrogens with zero attached hydrogens (tertiary/aromatic N) is 2. The van der Waals surface area contributed by atoms with Crippen molar-refractivity contribution in [2.75, 3.05) is 40.4 Å². The van der Waals surface area contributed by atoms with E-state index in [0.29, 0.717) is 36.8 Å². The zero-order valence-electron chi connectivity index (χ0n) is 17.2. The van der Waals surface area contributed by atoms with E-state index in [4.69, 9.17) is 9.47 Å². The Kier molecular flexibility index (Phi) is 6.88. The van der Waals surface area contributed by atoms with Crippen LogP contribution in [0.4, 0.5) is 4.39 Å². The van der Waals surface area contributed by atoms with Gasteiger partial charge in [0.2, 0.25) is 0 Å². The summed E-state index contributed by atoms with van der Waals surface area (Å²) in [6.07, 6.45) is 1.87. The van der Waals surface area contributed by atoms with Crippen LogP contribution in [0.15, 0.2) is 48.0 Å². The number of carbonyl (C=O) groups excluding carboxylic acids is 1. The molecule has 0 saturated heterocycles. The third-order valence-electron chi connectivity index (χ3n) is 4.68. The molecule has 3 rings (SSSR count). The van der Waals surface area contributed by atoms with Crippen LogP contribution < -0.4 is 9.47 Å². The molecule has 2 aromatic carbocycles. The first-order valence-electron chi connectivity index (χ1n) is 9.75. The van der Waals surface area contributed by atoms with Gasteiger partial charge >= 0.3 is 0 Å². The topological polar surface area (TPSA) is 42.0 Å². The van der Waals surface area contributed by atoms with E-state index in [2.05, 4.69) is 0 Å². The van der Waals surface area contributed by atoms with E-state index in [0.717, 1.165) is 17.7 Å². The van der Waals surface area contributed by atoms with E-state index in [9.17, 15) is 9.18 Å². The molecular weight excluding hydrogens is 371 g/mol. The molecule has 0 bridgehead atoms. The van der Waals surface area contributed by atoms with Crippen LogP contribution in [-0.2, 0) is 11.3 Å².